The van der Waals surface area contributed by atoms with E-state index in [4.69, 9.17) is 15.0 Å². The zero-order valence-corrected chi connectivity index (χ0v) is 76.7. The highest BCUT2D eigenvalue weighted by atomic mass is 15.0. The molecule has 30 rings (SSSR count). The van der Waals surface area contributed by atoms with Crippen LogP contribution in [0.3, 0.4) is 0 Å². The van der Waals surface area contributed by atoms with E-state index in [9.17, 15) is 0 Å². The van der Waals surface area contributed by atoms with E-state index in [-0.39, 0.29) is 0 Å². The van der Waals surface area contributed by atoms with Gasteiger partial charge in [0.15, 0.2) is 0 Å². The molecule has 0 unspecified atom stereocenters. The van der Waals surface area contributed by atoms with E-state index in [1.807, 2.05) is 0 Å². The minimum absolute atomic E-state index is 1.000. The fourth-order valence-corrected chi connectivity index (χ4v) is 23.1. The first-order valence-corrected chi connectivity index (χ1v) is 48.4. The molecule has 0 spiro atoms. The Hall–Kier alpha value is -18.8. The lowest BCUT2D eigenvalue weighted by molar-refractivity contribution is 1.18. The molecule has 0 aliphatic rings. The van der Waals surface area contributed by atoms with Gasteiger partial charge in [0.1, 0.15) is 0 Å². The van der Waals surface area contributed by atoms with Crippen molar-refractivity contribution < 1.29 is 0 Å². The molecule has 654 valence electrons. The number of pyridine rings is 3. The lowest BCUT2D eigenvalue weighted by Gasteiger charge is -2.17. The Morgan fingerprint density at radius 3 is 0.667 bits per heavy atom. The minimum atomic E-state index is 1.000. The number of para-hydroxylation sites is 7. The van der Waals surface area contributed by atoms with Crippen molar-refractivity contribution in [1.82, 2.24) is 28.7 Å². The Labute approximate surface area is 811 Å². The van der Waals surface area contributed by atoms with E-state index in [2.05, 4.69) is 523 Å². The Morgan fingerprint density at radius 2 is 0.333 bits per heavy atom. The maximum absolute atomic E-state index is 5.46. The molecule has 6 heterocycles. The van der Waals surface area contributed by atoms with E-state index < -0.39 is 0 Å². The van der Waals surface area contributed by atoms with Crippen molar-refractivity contribution >= 4 is 195 Å². The van der Waals surface area contributed by atoms with E-state index in [1.165, 1.54) is 212 Å². The van der Waals surface area contributed by atoms with Crippen LogP contribution < -0.4 is 0 Å². The molecule has 0 saturated heterocycles. The molecule has 0 bridgehead atoms. The Balaban J connectivity index is 0.000000104. The predicted octanol–water partition coefficient (Wildman–Crippen LogP) is 36.4. The van der Waals surface area contributed by atoms with Crippen LogP contribution >= 0.6 is 0 Å². The maximum Gasteiger partial charge on any atom is 0.0795 e. The highest BCUT2D eigenvalue weighted by Gasteiger charge is 2.26. The topological polar surface area (TPSA) is 53.5 Å². The molecule has 0 atom stereocenters. The molecule has 0 N–H and O–H groups in total. The lowest BCUT2D eigenvalue weighted by atomic mass is 9.89. The molecule has 0 aliphatic heterocycles. The molecular weight excluding hydrogens is 1710 g/mol. The zero-order valence-electron chi connectivity index (χ0n) is 76.7. The molecule has 30 aromatic rings. The molecule has 141 heavy (non-hydrogen) atoms. The Kier molecular flexibility index (Phi) is 18.9. The van der Waals surface area contributed by atoms with Crippen LogP contribution in [0.2, 0.25) is 0 Å². The summed E-state index contributed by atoms with van der Waals surface area (Å²) in [6.45, 7) is 0. The fourth-order valence-electron chi connectivity index (χ4n) is 23.1. The van der Waals surface area contributed by atoms with Crippen LogP contribution in [0.1, 0.15) is 0 Å². The van der Waals surface area contributed by atoms with Crippen molar-refractivity contribution in [3.63, 3.8) is 0 Å². The summed E-state index contributed by atoms with van der Waals surface area (Å²) < 4.78 is 7.17. The second-order valence-corrected chi connectivity index (χ2v) is 37.0. The SMILES string of the molecule is c1cc(-c2ccc(-n3c4ccccc4c4ccccc43)cc2)cc(-c2nc3ccccc3c3c4ccccc4c4ccccc4c23)c1.c1cc(-c2nc3ccccc3c3c4ccccc4c4ccccc4c23)cc(-n2c3ccccc3c3ccccc32)c1.c1ccc(-c2ccc3c(c2)c2cc(-c4ccccc4)ccc2n3-c2cccc(-c3nc4ccccc4c4c5ccccc5c5ccccc5c34)c2)cc1. The monoisotopic (exact) mass is 1790 g/mol. The van der Waals surface area contributed by atoms with Crippen molar-refractivity contribution in [2.45, 2.75) is 0 Å². The highest BCUT2D eigenvalue weighted by Crippen LogP contribution is 2.50. The van der Waals surface area contributed by atoms with E-state index in [0.29, 0.717) is 0 Å². The largest absolute Gasteiger partial charge is 0.309 e. The number of rotatable bonds is 9. The highest BCUT2D eigenvalue weighted by molar-refractivity contribution is 6.37. The van der Waals surface area contributed by atoms with Crippen molar-refractivity contribution in [3.8, 4) is 84.2 Å². The zero-order chi connectivity index (χ0) is 92.7. The Morgan fingerprint density at radius 1 is 0.113 bits per heavy atom. The Bertz CT molecular complexity index is 10200. The molecule has 0 aliphatic carbocycles. The minimum Gasteiger partial charge on any atom is -0.309 e. The second-order valence-electron chi connectivity index (χ2n) is 37.0. The van der Waals surface area contributed by atoms with Crippen molar-refractivity contribution in [2.75, 3.05) is 0 Å². The van der Waals surface area contributed by atoms with Gasteiger partial charge in [0, 0.05) is 115 Å². The quantitative estimate of drug-likeness (QED) is 0.135. The second kappa shape index (κ2) is 33.1. The molecule has 6 heteroatoms. The number of aromatic nitrogens is 6. The normalized spacial score (nSPS) is 11.8. The third-order valence-electron chi connectivity index (χ3n) is 29.2. The van der Waals surface area contributed by atoms with Crippen LogP contribution in [0.15, 0.2) is 510 Å². The van der Waals surface area contributed by atoms with Gasteiger partial charge in [-0.3, -0.25) is 0 Å². The van der Waals surface area contributed by atoms with E-state index >= 15 is 0 Å². The lowest BCUT2D eigenvalue weighted by Crippen LogP contribution is -1.96. The number of fused-ring (bicyclic) bond motifs is 33. The molecular formula is C135H84N6. The van der Waals surface area contributed by atoms with Gasteiger partial charge in [-0.15, -0.1) is 0 Å². The van der Waals surface area contributed by atoms with Gasteiger partial charge in [-0.2, -0.15) is 0 Å². The average Bonchev–Trinajstić information content (AvgIpc) is 0.766. The summed E-state index contributed by atoms with van der Waals surface area (Å²) in [5.74, 6) is 0. The van der Waals surface area contributed by atoms with Gasteiger partial charge in [0.05, 0.1) is 66.7 Å². The van der Waals surface area contributed by atoms with Gasteiger partial charge in [-0.05, 0) is 207 Å². The van der Waals surface area contributed by atoms with Crippen molar-refractivity contribution in [3.05, 3.63) is 510 Å². The van der Waals surface area contributed by atoms with Crippen LogP contribution in [0.4, 0.5) is 0 Å². The number of nitrogens with zero attached hydrogens (tertiary/aromatic N) is 6. The molecule has 24 aromatic carbocycles. The third-order valence-corrected chi connectivity index (χ3v) is 29.2. The first-order valence-electron chi connectivity index (χ1n) is 48.4. The summed E-state index contributed by atoms with van der Waals surface area (Å²) >= 11 is 0. The summed E-state index contributed by atoms with van der Waals surface area (Å²) in [5.41, 5.74) is 27.2. The van der Waals surface area contributed by atoms with Crippen LogP contribution in [-0.4, -0.2) is 28.7 Å². The van der Waals surface area contributed by atoms with Crippen molar-refractivity contribution in [2.24, 2.45) is 0 Å². The van der Waals surface area contributed by atoms with Crippen LogP contribution in [0.5, 0.6) is 0 Å². The smallest absolute Gasteiger partial charge is 0.0795 e. The molecule has 0 saturated carbocycles. The molecule has 6 nitrogen and oxygen atoms in total. The van der Waals surface area contributed by atoms with Crippen LogP contribution in [0, 0.1) is 0 Å². The van der Waals surface area contributed by atoms with Gasteiger partial charge in [-0.25, -0.2) is 15.0 Å². The summed E-state index contributed by atoms with van der Waals surface area (Å²) in [7, 11) is 0. The molecule has 0 amide bonds. The third kappa shape index (κ3) is 13.1. The summed E-state index contributed by atoms with van der Waals surface area (Å²) in [5, 5.41) is 33.5. The van der Waals surface area contributed by atoms with Gasteiger partial charge in [0.25, 0.3) is 0 Å². The number of hydrogen-bond acceptors (Lipinski definition) is 3. The molecule has 0 fully saturated rings. The van der Waals surface area contributed by atoms with E-state index in [0.717, 1.165) is 67.4 Å². The van der Waals surface area contributed by atoms with Gasteiger partial charge in [-0.1, -0.05) is 400 Å². The van der Waals surface area contributed by atoms with Gasteiger partial charge >= 0.3 is 0 Å². The summed E-state index contributed by atoms with van der Waals surface area (Å²) in [6, 6.07) is 184. The van der Waals surface area contributed by atoms with Crippen molar-refractivity contribution in [1.29, 1.82) is 0 Å². The first kappa shape index (κ1) is 80.7. The van der Waals surface area contributed by atoms with Gasteiger partial charge in [0.2, 0.25) is 0 Å². The van der Waals surface area contributed by atoms with Gasteiger partial charge < -0.3 is 13.7 Å². The average molecular weight is 1790 g/mol. The fraction of sp³-hybridized carbons (Fsp3) is 0. The number of hydrogen-bond donors (Lipinski definition) is 0. The summed E-state index contributed by atoms with van der Waals surface area (Å²) in [6.07, 6.45) is 0. The molecule has 6 aromatic heterocycles. The number of benzene rings is 24. The van der Waals surface area contributed by atoms with Crippen LogP contribution in [-0.2, 0) is 0 Å². The van der Waals surface area contributed by atoms with E-state index in [1.54, 1.807) is 0 Å². The van der Waals surface area contributed by atoms with Crippen LogP contribution in [0.25, 0.3) is 279 Å². The first-order chi connectivity index (χ1) is 70.0. The predicted molar refractivity (Wildman–Crippen MR) is 598 cm³/mol. The summed E-state index contributed by atoms with van der Waals surface area (Å²) in [4.78, 5) is 16.2. The maximum atomic E-state index is 5.46. The molecule has 0 radical (unpaired) electrons. The standard InChI is InChI=1S/C51H32N2.C45H28N2.C39H24N2/c1-3-14-33(15-4-1)35-26-28-47-44(31-35)45-32-36(34-16-5-2-6-17-34)27-29-48(45)53(47)38-19-13-18-37(30-38)51-50-42-23-10-8-21-40(42)39-20-7-9-22-41(39)49(50)43-24-11-12-25-46(43)52-51;1-3-18-37-33(14-1)34-15-2-4-19-38(34)44-43(37)39-20-5-8-21-40(39)46-45(44)31-13-11-12-30(28-31)29-24-26-32(27-25-29)47-41-22-9-6-16-35(41)36-17-7-10-23-42(36)47;1-3-18-31-27(14-1)28-15-2-4-19-32(28)38-37(31)33-20-5-8-21-34(33)40-39(38)25-12-11-13-26(24-25)41-35-22-9-6-16-29(35)30-17-7-10-23-36(30)41/h1-32H;1-28H;1-24H.